The van der Waals surface area contributed by atoms with E-state index < -0.39 is 0 Å². The number of hydrogen-bond donors (Lipinski definition) is 1. The van der Waals surface area contributed by atoms with Gasteiger partial charge in [-0.3, -0.25) is 9.63 Å². The molecule has 1 aliphatic rings. The molecule has 1 fully saturated rings. The molecule has 0 spiro atoms. The third kappa shape index (κ3) is 3.80. The van der Waals surface area contributed by atoms with Crippen LogP contribution in [0.5, 0.6) is 0 Å². The molecule has 1 aliphatic heterocycles. The molecule has 4 nitrogen and oxygen atoms in total. The number of carbonyl (C=O) groups excluding carboxylic acids is 1. The third-order valence-corrected chi connectivity index (χ3v) is 2.67. The molecule has 0 bridgehead atoms. The van der Waals surface area contributed by atoms with Gasteiger partial charge in [0.2, 0.25) is 6.41 Å². The van der Waals surface area contributed by atoms with E-state index in [-0.39, 0.29) is 11.6 Å². The van der Waals surface area contributed by atoms with Crippen LogP contribution in [0.15, 0.2) is 0 Å². The quantitative estimate of drug-likeness (QED) is 0.564. The van der Waals surface area contributed by atoms with Crippen LogP contribution in [-0.4, -0.2) is 36.2 Å². The molecule has 1 saturated heterocycles. The largest absolute Gasteiger partial charge is 0.316 e. The molecule has 0 aromatic carbocycles. The van der Waals surface area contributed by atoms with E-state index in [1.54, 1.807) is 0 Å². The lowest BCUT2D eigenvalue weighted by molar-refractivity contribution is -0.235. The maximum absolute atomic E-state index is 11.0. The molecule has 0 aliphatic carbocycles. The monoisotopic (exact) mass is 214 g/mol. The maximum atomic E-state index is 11.0. The summed E-state index contributed by atoms with van der Waals surface area (Å²) in [5.41, 5.74) is -0.318. The number of carbonyl (C=O) groups is 1. The van der Waals surface area contributed by atoms with Crippen molar-refractivity contribution >= 4 is 6.41 Å². The van der Waals surface area contributed by atoms with Crippen molar-refractivity contribution in [1.82, 2.24) is 10.4 Å². The van der Waals surface area contributed by atoms with Crippen molar-refractivity contribution in [2.75, 3.05) is 13.1 Å². The summed E-state index contributed by atoms with van der Waals surface area (Å²) in [6.07, 6.45) is 1.90. The van der Waals surface area contributed by atoms with Gasteiger partial charge in [-0.25, -0.2) is 5.06 Å². The van der Waals surface area contributed by atoms with Gasteiger partial charge in [-0.05, 0) is 46.6 Å². The smallest absolute Gasteiger partial charge is 0.233 e. The predicted molar refractivity (Wildman–Crippen MR) is 59.2 cm³/mol. The SMILES string of the molecule is CC(C1CCNC1)N(C=O)OC(C)(C)C. The second-order valence-corrected chi connectivity index (χ2v) is 5.16. The van der Waals surface area contributed by atoms with E-state index in [1.165, 1.54) is 5.06 Å². The Morgan fingerprint density at radius 2 is 2.20 bits per heavy atom. The van der Waals surface area contributed by atoms with E-state index >= 15 is 0 Å². The van der Waals surface area contributed by atoms with Crippen LogP contribution in [0, 0.1) is 5.92 Å². The van der Waals surface area contributed by atoms with Gasteiger partial charge in [-0.2, -0.15) is 0 Å². The first-order valence-electron chi connectivity index (χ1n) is 5.57. The van der Waals surface area contributed by atoms with Crippen LogP contribution in [0.4, 0.5) is 0 Å². The summed E-state index contributed by atoms with van der Waals surface area (Å²) in [6, 6.07) is 0.136. The number of hydroxylamine groups is 2. The minimum Gasteiger partial charge on any atom is -0.316 e. The molecule has 2 unspecified atom stereocenters. The van der Waals surface area contributed by atoms with E-state index in [0.29, 0.717) is 5.92 Å². The Balaban J connectivity index is 2.53. The van der Waals surface area contributed by atoms with Crippen LogP contribution in [-0.2, 0) is 9.63 Å². The van der Waals surface area contributed by atoms with Crippen molar-refractivity contribution < 1.29 is 9.63 Å². The lowest BCUT2D eigenvalue weighted by Crippen LogP contribution is -2.43. The first kappa shape index (κ1) is 12.5. The highest BCUT2D eigenvalue weighted by Crippen LogP contribution is 2.20. The topological polar surface area (TPSA) is 41.6 Å². The van der Waals surface area contributed by atoms with Crippen molar-refractivity contribution in [2.24, 2.45) is 5.92 Å². The van der Waals surface area contributed by atoms with Crippen LogP contribution in [0.1, 0.15) is 34.1 Å². The van der Waals surface area contributed by atoms with Crippen LogP contribution in [0.2, 0.25) is 0 Å². The second kappa shape index (κ2) is 4.94. The average molecular weight is 214 g/mol. The fourth-order valence-corrected chi connectivity index (χ4v) is 1.81. The minimum atomic E-state index is -0.318. The molecule has 88 valence electrons. The standard InChI is InChI=1S/C11H22N2O2/c1-9(10-5-6-12-7-10)13(8-14)15-11(2,3)4/h8-10,12H,5-7H2,1-4H3. The van der Waals surface area contributed by atoms with Gasteiger partial charge in [0.05, 0.1) is 11.6 Å². The molecule has 4 heteroatoms. The van der Waals surface area contributed by atoms with E-state index in [9.17, 15) is 4.79 Å². The highest BCUT2D eigenvalue weighted by atomic mass is 16.7. The summed E-state index contributed by atoms with van der Waals surface area (Å²) in [6.45, 7) is 9.89. The van der Waals surface area contributed by atoms with Crippen LogP contribution >= 0.6 is 0 Å². The van der Waals surface area contributed by atoms with Crippen molar-refractivity contribution in [1.29, 1.82) is 0 Å². The normalized spacial score (nSPS) is 23.9. The fraction of sp³-hybridized carbons (Fsp3) is 0.909. The van der Waals surface area contributed by atoms with Gasteiger partial charge in [0, 0.05) is 6.54 Å². The fourth-order valence-electron chi connectivity index (χ4n) is 1.81. The molecule has 15 heavy (non-hydrogen) atoms. The highest BCUT2D eigenvalue weighted by molar-refractivity contribution is 5.45. The van der Waals surface area contributed by atoms with Crippen molar-refractivity contribution in [3.8, 4) is 0 Å². The Kier molecular flexibility index (Phi) is 4.11. The Morgan fingerprint density at radius 1 is 1.53 bits per heavy atom. The first-order chi connectivity index (χ1) is 6.94. The minimum absolute atomic E-state index is 0.136. The van der Waals surface area contributed by atoms with E-state index in [1.807, 2.05) is 27.7 Å². The summed E-state index contributed by atoms with van der Waals surface area (Å²) in [4.78, 5) is 16.6. The Hall–Kier alpha value is -0.610. The van der Waals surface area contributed by atoms with Gasteiger partial charge in [-0.15, -0.1) is 0 Å². The van der Waals surface area contributed by atoms with Gasteiger partial charge < -0.3 is 5.32 Å². The number of nitrogens with zero attached hydrogens (tertiary/aromatic N) is 1. The molecule has 1 heterocycles. The highest BCUT2D eigenvalue weighted by Gasteiger charge is 2.28. The number of rotatable bonds is 4. The van der Waals surface area contributed by atoms with Crippen LogP contribution in [0.25, 0.3) is 0 Å². The molecule has 0 aromatic heterocycles. The van der Waals surface area contributed by atoms with E-state index in [0.717, 1.165) is 25.9 Å². The second-order valence-electron chi connectivity index (χ2n) is 5.16. The van der Waals surface area contributed by atoms with Gasteiger partial charge in [0.1, 0.15) is 0 Å². The average Bonchev–Trinajstić information content (AvgIpc) is 2.64. The Bertz CT molecular complexity index is 207. The summed E-state index contributed by atoms with van der Waals surface area (Å²) < 4.78 is 0. The zero-order valence-electron chi connectivity index (χ0n) is 10.1. The molecule has 2 atom stereocenters. The van der Waals surface area contributed by atoms with Crippen molar-refractivity contribution in [3.05, 3.63) is 0 Å². The molecule has 1 N–H and O–H groups in total. The Labute approximate surface area is 91.9 Å². The van der Waals surface area contributed by atoms with E-state index in [4.69, 9.17) is 4.84 Å². The lowest BCUT2D eigenvalue weighted by Gasteiger charge is -2.33. The molecule has 1 amide bonds. The van der Waals surface area contributed by atoms with Crippen LogP contribution < -0.4 is 5.32 Å². The van der Waals surface area contributed by atoms with E-state index in [2.05, 4.69) is 5.32 Å². The number of nitrogens with one attached hydrogen (secondary N) is 1. The lowest BCUT2D eigenvalue weighted by atomic mass is 10.0. The summed E-state index contributed by atoms with van der Waals surface area (Å²) in [5, 5.41) is 4.75. The predicted octanol–water partition coefficient (Wildman–Crippen LogP) is 1.17. The van der Waals surface area contributed by atoms with Crippen molar-refractivity contribution in [3.63, 3.8) is 0 Å². The van der Waals surface area contributed by atoms with Gasteiger partial charge in [-0.1, -0.05) is 0 Å². The molecular formula is C11H22N2O2. The Morgan fingerprint density at radius 3 is 2.60 bits per heavy atom. The third-order valence-electron chi connectivity index (χ3n) is 2.67. The van der Waals surface area contributed by atoms with Gasteiger partial charge in [0.15, 0.2) is 0 Å². The van der Waals surface area contributed by atoms with Gasteiger partial charge in [0.25, 0.3) is 0 Å². The summed E-state index contributed by atoms with van der Waals surface area (Å²) >= 11 is 0. The molecular weight excluding hydrogens is 192 g/mol. The molecule has 0 radical (unpaired) electrons. The number of amides is 1. The molecule has 1 rings (SSSR count). The summed E-state index contributed by atoms with van der Waals surface area (Å²) in [5.74, 6) is 0.498. The van der Waals surface area contributed by atoms with Crippen LogP contribution in [0.3, 0.4) is 0 Å². The number of hydrogen-bond acceptors (Lipinski definition) is 3. The maximum Gasteiger partial charge on any atom is 0.233 e. The van der Waals surface area contributed by atoms with Gasteiger partial charge >= 0.3 is 0 Å². The summed E-state index contributed by atoms with van der Waals surface area (Å²) in [7, 11) is 0. The zero-order chi connectivity index (χ0) is 11.5. The molecule has 0 saturated carbocycles. The zero-order valence-corrected chi connectivity index (χ0v) is 10.1. The first-order valence-corrected chi connectivity index (χ1v) is 5.57. The van der Waals surface area contributed by atoms with Crippen molar-refractivity contribution in [2.45, 2.75) is 45.8 Å². The molecule has 0 aromatic rings.